The summed E-state index contributed by atoms with van der Waals surface area (Å²) in [6.07, 6.45) is 1.24. The molecular weight excluding hydrogens is 466 g/mol. The van der Waals surface area contributed by atoms with Gasteiger partial charge in [0.15, 0.2) is 0 Å². The first-order valence-corrected chi connectivity index (χ1v) is 10.6. The predicted molar refractivity (Wildman–Crippen MR) is 110 cm³/mol. The molecule has 33 heavy (non-hydrogen) atoms. The van der Waals surface area contributed by atoms with Gasteiger partial charge in [-0.3, -0.25) is 4.79 Å². The third-order valence-electron chi connectivity index (χ3n) is 4.54. The summed E-state index contributed by atoms with van der Waals surface area (Å²) in [5.41, 5.74) is -0.724. The average Bonchev–Trinajstić information content (AvgIpc) is 3.17. The van der Waals surface area contributed by atoms with Crippen molar-refractivity contribution in [1.82, 2.24) is 9.19 Å². The monoisotopic (exact) mass is 479 g/mol. The molecule has 3 aromatic carbocycles. The summed E-state index contributed by atoms with van der Waals surface area (Å²) in [7, 11) is -4.34. The Balaban J connectivity index is 1.71. The third-order valence-corrected chi connectivity index (χ3v) is 6.14. The second-order valence-electron chi connectivity index (χ2n) is 6.67. The third kappa shape index (κ3) is 4.37. The van der Waals surface area contributed by atoms with Gasteiger partial charge in [0.2, 0.25) is 0 Å². The Labute approximate surface area is 184 Å². The first-order chi connectivity index (χ1) is 15.7. The van der Waals surface area contributed by atoms with E-state index in [2.05, 4.69) is 15.2 Å². The van der Waals surface area contributed by atoms with E-state index in [1.807, 2.05) is 0 Å². The fourth-order valence-electron chi connectivity index (χ4n) is 3.08. The van der Waals surface area contributed by atoms with Gasteiger partial charge in [-0.2, -0.15) is 26.4 Å². The lowest BCUT2D eigenvalue weighted by molar-refractivity contribution is -0.0500. The van der Waals surface area contributed by atoms with Gasteiger partial charge in [0, 0.05) is 17.1 Å². The standard InChI is InChI=1S/C21H13F4N3O4S/c22-16-5-2-6-17(23)19(16)20(29)27-13-8-7-12-11-26-28(18(12)9-13)33(30,31)15-4-1-3-14(10-15)32-21(24)25/h1-11,21H,(H,27,29). The van der Waals surface area contributed by atoms with Gasteiger partial charge < -0.3 is 10.1 Å². The molecular formula is C21H13F4N3O4S. The number of ether oxygens (including phenoxy) is 1. The van der Waals surface area contributed by atoms with Crippen LogP contribution >= 0.6 is 0 Å². The van der Waals surface area contributed by atoms with Crippen LogP contribution in [-0.2, 0) is 10.0 Å². The summed E-state index contributed by atoms with van der Waals surface area (Å²) in [5.74, 6) is -3.56. The van der Waals surface area contributed by atoms with Gasteiger partial charge in [-0.05, 0) is 42.5 Å². The maximum atomic E-state index is 13.9. The number of hydrogen-bond acceptors (Lipinski definition) is 5. The summed E-state index contributed by atoms with van der Waals surface area (Å²) in [5, 5.41) is 6.53. The lowest BCUT2D eigenvalue weighted by atomic mass is 10.1. The van der Waals surface area contributed by atoms with E-state index in [-0.39, 0.29) is 21.8 Å². The number of benzene rings is 3. The summed E-state index contributed by atoms with van der Waals surface area (Å²) >= 11 is 0. The molecule has 0 bridgehead atoms. The first kappa shape index (κ1) is 22.3. The van der Waals surface area contributed by atoms with Crippen LogP contribution in [0.25, 0.3) is 10.9 Å². The van der Waals surface area contributed by atoms with Crippen molar-refractivity contribution >= 4 is 32.5 Å². The van der Waals surface area contributed by atoms with Crippen molar-refractivity contribution in [3.8, 4) is 5.75 Å². The quantitative estimate of drug-likeness (QED) is 0.414. The van der Waals surface area contributed by atoms with Gasteiger partial charge in [-0.25, -0.2) is 8.78 Å². The summed E-state index contributed by atoms with van der Waals surface area (Å²) in [6.45, 7) is -3.14. The summed E-state index contributed by atoms with van der Waals surface area (Å²) in [4.78, 5) is 12.0. The van der Waals surface area contributed by atoms with Gasteiger partial charge in [0.25, 0.3) is 15.9 Å². The molecule has 0 aliphatic rings. The minimum atomic E-state index is -4.34. The van der Waals surface area contributed by atoms with Gasteiger partial charge in [-0.1, -0.05) is 12.1 Å². The smallest absolute Gasteiger partial charge is 0.387 e. The topological polar surface area (TPSA) is 90.3 Å². The number of carbonyl (C=O) groups is 1. The Kier molecular flexibility index (Phi) is 5.77. The number of nitrogens with zero attached hydrogens (tertiary/aromatic N) is 2. The highest BCUT2D eigenvalue weighted by Crippen LogP contribution is 2.26. The molecule has 1 heterocycles. The number of hydrogen-bond donors (Lipinski definition) is 1. The second kappa shape index (κ2) is 8.54. The molecule has 170 valence electrons. The zero-order valence-electron chi connectivity index (χ0n) is 16.4. The van der Waals surface area contributed by atoms with E-state index in [9.17, 15) is 30.8 Å². The van der Waals surface area contributed by atoms with E-state index >= 15 is 0 Å². The molecule has 12 heteroatoms. The zero-order valence-corrected chi connectivity index (χ0v) is 17.2. The number of aromatic nitrogens is 2. The van der Waals surface area contributed by atoms with E-state index < -0.39 is 39.7 Å². The van der Waals surface area contributed by atoms with Crippen LogP contribution in [0, 0.1) is 11.6 Å². The summed E-state index contributed by atoms with van der Waals surface area (Å²) < 4.78 is 83.7. The van der Waals surface area contributed by atoms with Crippen LogP contribution in [0.15, 0.2) is 71.8 Å². The van der Waals surface area contributed by atoms with Gasteiger partial charge in [0.05, 0.1) is 16.6 Å². The number of carbonyl (C=O) groups excluding carboxylic acids is 1. The molecule has 4 aromatic rings. The molecule has 0 radical (unpaired) electrons. The van der Waals surface area contributed by atoms with E-state index in [0.717, 1.165) is 24.3 Å². The average molecular weight is 479 g/mol. The van der Waals surface area contributed by atoms with Crippen LogP contribution in [0.1, 0.15) is 10.4 Å². The fraction of sp³-hybridized carbons (Fsp3) is 0.0476. The number of nitrogens with one attached hydrogen (secondary N) is 1. The van der Waals surface area contributed by atoms with Crippen molar-refractivity contribution in [3.63, 3.8) is 0 Å². The molecule has 1 amide bonds. The van der Waals surface area contributed by atoms with Crippen molar-refractivity contribution in [2.24, 2.45) is 0 Å². The molecule has 0 saturated carbocycles. The maximum Gasteiger partial charge on any atom is 0.387 e. The molecule has 1 N–H and O–H groups in total. The molecule has 0 fully saturated rings. The van der Waals surface area contributed by atoms with Crippen LogP contribution in [0.4, 0.5) is 23.2 Å². The van der Waals surface area contributed by atoms with Gasteiger partial charge in [0.1, 0.15) is 22.9 Å². The van der Waals surface area contributed by atoms with Crippen LogP contribution in [-0.4, -0.2) is 30.1 Å². The maximum absolute atomic E-state index is 13.9. The highest BCUT2D eigenvalue weighted by Gasteiger charge is 2.23. The Bertz CT molecular complexity index is 1450. The van der Waals surface area contributed by atoms with Crippen molar-refractivity contribution in [2.45, 2.75) is 11.5 Å². The SMILES string of the molecule is O=C(Nc1ccc2cnn(S(=O)(=O)c3cccc(OC(F)F)c3)c2c1)c1c(F)cccc1F. The highest BCUT2D eigenvalue weighted by atomic mass is 32.2. The number of anilines is 1. The molecule has 0 unspecified atom stereocenters. The number of fused-ring (bicyclic) bond motifs is 1. The van der Waals surface area contributed by atoms with Gasteiger partial charge in [-0.15, -0.1) is 0 Å². The second-order valence-corrected chi connectivity index (χ2v) is 8.44. The lowest BCUT2D eigenvalue weighted by Gasteiger charge is -2.10. The largest absolute Gasteiger partial charge is 0.435 e. The van der Waals surface area contributed by atoms with Crippen LogP contribution in [0.5, 0.6) is 5.75 Å². The highest BCUT2D eigenvalue weighted by molar-refractivity contribution is 7.90. The van der Waals surface area contributed by atoms with Crippen LogP contribution < -0.4 is 10.1 Å². The molecule has 1 aromatic heterocycles. The lowest BCUT2D eigenvalue weighted by Crippen LogP contribution is -2.16. The molecule has 0 aliphatic heterocycles. The first-order valence-electron chi connectivity index (χ1n) is 9.20. The Morgan fingerprint density at radius 3 is 2.39 bits per heavy atom. The molecule has 0 spiro atoms. The molecule has 0 atom stereocenters. The number of amides is 1. The van der Waals surface area contributed by atoms with Crippen molar-refractivity contribution < 1.29 is 35.5 Å². The van der Waals surface area contributed by atoms with Gasteiger partial charge >= 0.3 is 6.61 Å². The van der Waals surface area contributed by atoms with E-state index in [1.54, 1.807) is 0 Å². The fourth-order valence-corrected chi connectivity index (χ4v) is 4.39. The Morgan fingerprint density at radius 2 is 1.70 bits per heavy atom. The van der Waals surface area contributed by atoms with Crippen molar-refractivity contribution in [2.75, 3.05) is 5.32 Å². The molecule has 7 nitrogen and oxygen atoms in total. The number of rotatable bonds is 6. The molecule has 4 rings (SSSR count). The molecule has 0 saturated heterocycles. The predicted octanol–water partition coefficient (Wildman–Crippen LogP) is 4.41. The normalized spacial score (nSPS) is 11.7. The zero-order chi connectivity index (χ0) is 23.8. The van der Waals surface area contributed by atoms with E-state index in [4.69, 9.17) is 0 Å². The van der Waals surface area contributed by atoms with Crippen LogP contribution in [0.2, 0.25) is 0 Å². The minimum absolute atomic E-state index is 0.0296. The van der Waals surface area contributed by atoms with Crippen LogP contribution in [0.3, 0.4) is 0 Å². The number of halogens is 4. The minimum Gasteiger partial charge on any atom is -0.435 e. The van der Waals surface area contributed by atoms with E-state index in [1.165, 1.54) is 42.6 Å². The molecule has 0 aliphatic carbocycles. The van der Waals surface area contributed by atoms with E-state index in [0.29, 0.717) is 9.47 Å². The Morgan fingerprint density at radius 1 is 1.00 bits per heavy atom. The van der Waals surface area contributed by atoms with Crippen molar-refractivity contribution in [1.29, 1.82) is 0 Å². The Hall–Kier alpha value is -3.93. The van der Waals surface area contributed by atoms with Crippen molar-refractivity contribution in [3.05, 3.63) is 84.1 Å². The summed E-state index contributed by atoms with van der Waals surface area (Å²) in [6, 6.07) is 11.5. The number of alkyl halides is 2.